The number of amides is 1. The van der Waals surface area contributed by atoms with Crippen LogP contribution in [0.5, 0.6) is 0 Å². The smallest absolute Gasteiger partial charge is 0.408 e. The molecule has 0 heterocycles. The first kappa shape index (κ1) is 17.0. The largest absolute Gasteiger partial charge is 0.480 e. The van der Waals surface area contributed by atoms with Crippen LogP contribution >= 0.6 is 0 Å². The van der Waals surface area contributed by atoms with Crippen molar-refractivity contribution in [2.75, 3.05) is 0 Å². The number of benzene rings is 1. The molecule has 116 valence electrons. The second-order valence-electron chi connectivity index (χ2n) is 5.91. The Bertz CT molecular complexity index is 482. The number of rotatable bonds is 5. The van der Waals surface area contributed by atoms with Crippen LogP contribution in [0.1, 0.15) is 26.3 Å². The van der Waals surface area contributed by atoms with Gasteiger partial charge in [-0.2, -0.15) is 0 Å². The molecule has 0 saturated heterocycles. The summed E-state index contributed by atoms with van der Waals surface area (Å²) in [7, 11) is 0. The van der Waals surface area contributed by atoms with Crippen molar-refractivity contribution in [1.29, 1.82) is 0 Å². The molecule has 21 heavy (non-hydrogen) atoms. The molecule has 0 radical (unpaired) electrons. The molecule has 0 aliphatic carbocycles. The number of ether oxygens (including phenoxy) is 1. The van der Waals surface area contributed by atoms with Crippen molar-refractivity contribution >= 4 is 12.1 Å². The van der Waals surface area contributed by atoms with Gasteiger partial charge in [-0.3, -0.25) is 0 Å². The molecule has 0 bridgehead atoms. The summed E-state index contributed by atoms with van der Waals surface area (Å²) in [4.78, 5) is 23.0. The monoisotopic (exact) mass is 294 g/mol. The predicted octanol–water partition coefficient (Wildman–Crippen LogP) is 1.74. The molecule has 0 aliphatic rings. The molecule has 6 heteroatoms. The van der Waals surface area contributed by atoms with E-state index in [4.69, 9.17) is 10.5 Å². The van der Waals surface area contributed by atoms with Crippen molar-refractivity contribution in [3.05, 3.63) is 35.9 Å². The number of hydrogen-bond acceptors (Lipinski definition) is 4. The summed E-state index contributed by atoms with van der Waals surface area (Å²) in [5.74, 6) is -1.19. The second kappa shape index (κ2) is 7.08. The third-order valence-corrected chi connectivity index (χ3v) is 3.11. The molecule has 0 aliphatic heterocycles. The van der Waals surface area contributed by atoms with Crippen molar-refractivity contribution in [1.82, 2.24) is 5.32 Å². The summed E-state index contributed by atoms with van der Waals surface area (Å²) in [6, 6.07) is 7.18. The van der Waals surface area contributed by atoms with Crippen LogP contribution in [0.15, 0.2) is 30.3 Å². The minimum Gasteiger partial charge on any atom is -0.480 e. The number of carboxylic acid groups (broad SMARTS) is 1. The molecule has 0 saturated carbocycles. The van der Waals surface area contributed by atoms with Crippen LogP contribution in [0.2, 0.25) is 0 Å². The average molecular weight is 294 g/mol. The summed E-state index contributed by atoms with van der Waals surface area (Å²) >= 11 is 0. The van der Waals surface area contributed by atoms with E-state index in [1.165, 1.54) is 0 Å². The van der Waals surface area contributed by atoms with Gasteiger partial charge in [0.2, 0.25) is 0 Å². The number of carbonyl (C=O) groups is 2. The van der Waals surface area contributed by atoms with E-state index in [2.05, 4.69) is 5.32 Å². The fourth-order valence-corrected chi connectivity index (χ4v) is 1.70. The third-order valence-electron chi connectivity index (χ3n) is 3.11. The molecule has 1 amide bonds. The standard InChI is InChI=1S/C15H22N2O4/c1-15(2,3)12(16)11(13(18)19)17-14(20)21-9-10-7-5-4-6-8-10/h4-8,11-12H,9,16H2,1-3H3,(H,17,20)(H,18,19). The highest BCUT2D eigenvalue weighted by atomic mass is 16.5. The minimum atomic E-state index is -1.20. The van der Waals surface area contributed by atoms with E-state index in [1.807, 2.05) is 51.1 Å². The first-order valence-electron chi connectivity index (χ1n) is 6.67. The lowest BCUT2D eigenvalue weighted by atomic mass is 9.83. The first-order chi connectivity index (χ1) is 9.71. The number of nitrogens with two attached hydrogens (primary N) is 1. The van der Waals surface area contributed by atoms with Crippen LogP contribution in [-0.4, -0.2) is 29.3 Å². The molecule has 6 nitrogen and oxygen atoms in total. The molecular formula is C15H22N2O4. The van der Waals surface area contributed by atoms with Gasteiger partial charge >= 0.3 is 12.1 Å². The maximum atomic E-state index is 11.7. The van der Waals surface area contributed by atoms with E-state index < -0.39 is 29.6 Å². The fraction of sp³-hybridized carbons (Fsp3) is 0.467. The van der Waals surface area contributed by atoms with Gasteiger partial charge in [0.05, 0.1) is 0 Å². The summed E-state index contributed by atoms with van der Waals surface area (Å²) in [5, 5.41) is 11.5. The zero-order valence-electron chi connectivity index (χ0n) is 12.5. The Hall–Kier alpha value is -2.08. The number of carboxylic acids is 1. The average Bonchev–Trinajstić information content (AvgIpc) is 2.41. The van der Waals surface area contributed by atoms with E-state index in [0.29, 0.717) is 0 Å². The van der Waals surface area contributed by atoms with Crippen LogP contribution in [0.4, 0.5) is 4.79 Å². The van der Waals surface area contributed by atoms with Crippen LogP contribution in [0.25, 0.3) is 0 Å². The Morgan fingerprint density at radius 2 is 1.86 bits per heavy atom. The second-order valence-corrected chi connectivity index (χ2v) is 5.91. The van der Waals surface area contributed by atoms with Gasteiger partial charge < -0.3 is 20.9 Å². The zero-order chi connectivity index (χ0) is 16.0. The number of hydrogen-bond donors (Lipinski definition) is 3. The first-order valence-corrected chi connectivity index (χ1v) is 6.67. The zero-order valence-corrected chi connectivity index (χ0v) is 12.5. The lowest BCUT2D eigenvalue weighted by molar-refractivity contribution is -0.140. The van der Waals surface area contributed by atoms with Gasteiger partial charge in [-0.15, -0.1) is 0 Å². The fourth-order valence-electron chi connectivity index (χ4n) is 1.70. The summed E-state index contributed by atoms with van der Waals surface area (Å²) in [6.07, 6.45) is -0.800. The predicted molar refractivity (Wildman–Crippen MR) is 78.6 cm³/mol. The lowest BCUT2D eigenvalue weighted by Crippen LogP contribution is -2.57. The van der Waals surface area contributed by atoms with E-state index in [-0.39, 0.29) is 6.61 Å². The Kier molecular flexibility index (Phi) is 5.72. The number of carbonyl (C=O) groups excluding carboxylic acids is 1. The summed E-state index contributed by atoms with van der Waals surface area (Å²) in [5.41, 5.74) is 6.26. The molecule has 2 atom stereocenters. The molecule has 1 aromatic rings. The number of alkyl carbamates (subject to hydrolysis) is 1. The third kappa shape index (κ3) is 5.43. The van der Waals surface area contributed by atoms with Crippen molar-refractivity contribution < 1.29 is 19.4 Å². The van der Waals surface area contributed by atoms with Crippen LogP contribution in [-0.2, 0) is 16.1 Å². The summed E-state index contributed by atoms with van der Waals surface area (Å²) < 4.78 is 5.00. The highest BCUT2D eigenvalue weighted by Crippen LogP contribution is 2.20. The highest BCUT2D eigenvalue weighted by molar-refractivity contribution is 5.80. The van der Waals surface area contributed by atoms with Crippen molar-refractivity contribution in [3.8, 4) is 0 Å². The molecular weight excluding hydrogens is 272 g/mol. The molecule has 1 aromatic carbocycles. The normalized spacial score (nSPS) is 14.1. The molecule has 2 unspecified atom stereocenters. The molecule has 1 rings (SSSR count). The lowest BCUT2D eigenvalue weighted by Gasteiger charge is -2.31. The van der Waals surface area contributed by atoms with E-state index in [0.717, 1.165) is 5.56 Å². The molecule has 0 fully saturated rings. The Morgan fingerprint density at radius 3 is 2.33 bits per heavy atom. The highest BCUT2D eigenvalue weighted by Gasteiger charge is 2.35. The van der Waals surface area contributed by atoms with Gasteiger partial charge in [0.15, 0.2) is 0 Å². The van der Waals surface area contributed by atoms with E-state index >= 15 is 0 Å². The Labute approximate surface area is 124 Å². The van der Waals surface area contributed by atoms with Crippen molar-refractivity contribution in [2.45, 2.75) is 39.5 Å². The van der Waals surface area contributed by atoms with Gasteiger partial charge in [0, 0.05) is 6.04 Å². The van der Waals surface area contributed by atoms with Gasteiger partial charge in [-0.1, -0.05) is 51.1 Å². The quantitative estimate of drug-likeness (QED) is 0.767. The Morgan fingerprint density at radius 1 is 1.29 bits per heavy atom. The van der Waals surface area contributed by atoms with Crippen molar-refractivity contribution in [2.24, 2.45) is 11.1 Å². The maximum Gasteiger partial charge on any atom is 0.408 e. The minimum absolute atomic E-state index is 0.0732. The van der Waals surface area contributed by atoms with Gasteiger partial charge in [-0.05, 0) is 11.0 Å². The summed E-state index contributed by atoms with van der Waals surface area (Å²) in [6.45, 7) is 5.50. The van der Waals surface area contributed by atoms with Crippen LogP contribution < -0.4 is 11.1 Å². The van der Waals surface area contributed by atoms with Gasteiger partial charge in [0.25, 0.3) is 0 Å². The molecule has 0 aromatic heterocycles. The molecule has 4 N–H and O–H groups in total. The van der Waals surface area contributed by atoms with Crippen molar-refractivity contribution in [3.63, 3.8) is 0 Å². The number of nitrogens with one attached hydrogen (secondary N) is 1. The molecule has 0 spiro atoms. The SMILES string of the molecule is CC(C)(C)C(N)C(NC(=O)OCc1ccccc1)C(=O)O. The van der Waals surface area contributed by atoms with Gasteiger partial charge in [0.1, 0.15) is 12.6 Å². The van der Waals surface area contributed by atoms with Crippen LogP contribution in [0, 0.1) is 5.41 Å². The topological polar surface area (TPSA) is 102 Å². The van der Waals surface area contributed by atoms with E-state index in [1.54, 1.807) is 0 Å². The van der Waals surface area contributed by atoms with E-state index in [9.17, 15) is 14.7 Å². The maximum absolute atomic E-state index is 11.7. The van der Waals surface area contributed by atoms with Crippen LogP contribution in [0.3, 0.4) is 0 Å². The number of aliphatic carboxylic acids is 1. The Balaban J connectivity index is 2.59. The van der Waals surface area contributed by atoms with Gasteiger partial charge in [-0.25, -0.2) is 9.59 Å².